The van der Waals surface area contributed by atoms with Crippen LogP contribution in [0.25, 0.3) is 0 Å². The largest absolute Gasteiger partial charge is 0.393 e. The minimum Gasteiger partial charge on any atom is -0.393 e. The second-order valence-electron chi connectivity index (χ2n) is 4.13. The number of rotatable bonds is 5. The number of sulfonamides is 1. The Morgan fingerprint density at radius 3 is 2.65 bits per heavy atom. The Balaban J connectivity index is 2.83. The highest BCUT2D eigenvalue weighted by Crippen LogP contribution is 2.27. The molecule has 4 nitrogen and oxygen atoms in total. The molecule has 0 aliphatic heterocycles. The molecule has 0 bridgehead atoms. The highest BCUT2D eigenvalue weighted by Gasteiger charge is 2.26. The van der Waals surface area contributed by atoms with Crippen LogP contribution in [0.3, 0.4) is 0 Å². The Morgan fingerprint density at radius 2 is 2.24 bits per heavy atom. The van der Waals surface area contributed by atoms with Gasteiger partial charge in [-0.15, -0.1) is 11.3 Å². The summed E-state index contributed by atoms with van der Waals surface area (Å²) >= 11 is 9.23. The molecule has 0 spiro atoms. The SMILES string of the molecule is CC(C)(CNS(=O)(=O)c1sccc1Br)C(N)=S. The zero-order valence-corrected chi connectivity index (χ0v) is 13.4. The molecule has 0 saturated heterocycles. The summed E-state index contributed by atoms with van der Waals surface area (Å²) in [5, 5.41) is 1.71. The van der Waals surface area contributed by atoms with Gasteiger partial charge < -0.3 is 5.73 Å². The van der Waals surface area contributed by atoms with E-state index < -0.39 is 15.4 Å². The summed E-state index contributed by atoms with van der Waals surface area (Å²) in [7, 11) is -3.51. The van der Waals surface area contributed by atoms with Crippen molar-refractivity contribution in [3.05, 3.63) is 15.9 Å². The highest BCUT2D eigenvalue weighted by molar-refractivity contribution is 9.10. The highest BCUT2D eigenvalue weighted by atomic mass is 79.9. The maximum Gasteiger partial charge on any atom is 0.251 e. The molecular weight excluding hydrogens is 344 g/mol. The fraction of sp³-hybridized carbons (Fsp3) is 0.444. The van der Waals surface area contributed by atoms with Crippen LogP contribution in [0.15, 0.2) is 20.1 Å². The van der Waals surface area contributed by atoms with Crippen molar-refractivity contribution in [2.24, 2.45) is 11.1 Å². The first kappa shape index (κ1) is 15.0. The maximum absolute atomic E-state index is 12.0. The molecule has 0 aliphatic rings. The number of nitrogens with one attached hydrogen (secondary N) is 1. The smallest absolute Gasteiger partial charge is 0.251 e. The molecule has 0 fully saturated rings. The van der Waals surface area contributed by atoms with E-state index in [1.165, 1.54) is 0 Å². The van der Waals surface area contributed by atoms with E-state index in [1.807, 2.05) is 0 Å². The molecule has 0 saturated carbocycles. The quantitative estimate of drug-likeness (QED) is 0.792. The lowest BCUT2D eigenvalue weighted by Gasteiger charge is -2.23. The van der Waals surface area contributed by atoms with Gasteiger partial charge in [-0.3, -0.25) is 0 Å². The minimum absolute atomic E-state index is 0.176. The predicted octanol–water partition coefficient (Wildman–Crippen LogP) is 2.10. The lowest BCUT2D eigenvalue weighted by atomic mass is 9.94. The summed E-state index contributed by atoms with van der Waals surface area (Å²) < 4.78 is 27.3. The zero-order valence-electron chi connectivity index (χ0n) is 9.36. The van der Waals surface area contributed by atoms with E-state index in [2.05, 4.69) is 20.7 Å². The molecule has 0 unspecified atom stereocenters. The average molecular weight is 357 g/mol. The van der Waals surface area contributed by atoms with Crippen LogP contribution in [-0.2, 0) is 10.0 Å². The summed E-state index contributed by atoms with van der Waals surface area (Å²) in [5.41, 5.74) is 4.99. The van der Waals surface area contributed by atoms with E-state index in [0.29, 0.717) is 4.47 Å². The van der Waals surface area contributed by atoms with E-state index in [1.54, 1.807) is 25.3 Å². The molecule has 1 rings (SSSR count). The van der Waals surface area contributed by atoms with Gasteiger partial charge in [-0.1, -0.05) is 26.1 Å². The molecule has 0 aliphatic carbocycles. The van der Waals surface area contributed by atoms with Crippen LogP contribution in [0.2, 0.25) is 0 Å². The van der Waals surface area contributed by atoms with E-state index in [9.17, 15) is 8.42 Å². The molecule has 96 valence electrons. The first-order chi connectivity index (χ1) is 7.67. The van der Waals surface area contributed by atoms with Crippen LogP contribution in [0, 0.1) is 5.41 Å². The number of hydrogen-bond acceptors (Lipinski definition) is 4. The summed E-state index contributed by atoms with van der Waals surface area (Å²) in [6, 6.07) is 1.69. The first-order valence-corrected chi connectivity index (χ1v) is 8.26. The van der Waals surface area contributed by atoms with Gasteiger partial charge >= 0.3 is 0 Å². The molecule has 0 aromatic carbocycles. The van der Waals surface area contributed by atoms with Crippen molar-refractivity contribution in [2.45, 2.75) is 18.1 Å². The van der Waals surface area contributed by atoms with Gasteiger partial charge in [0.1, 0.15) is 4.21 Å². The molecule has 1 aromatic rings. The van der Waals surface area contributed by atoms with Crippen LogP contribution < -0.4 is 10.5 Å². The van der Waals surface area contributed by atoms with Gasteiger partial charge in [-0.05, 0) is 27.4 Å². The molecule has 0 radical (unpaired) electrons. The van der Waals surface area contributed by atoms with Gasteiger partial charge in [0, 0.05) is 16.4 Å². The number of nitrogens with two attached hydrogens (primary N) is 1. The normalized spacial score (nSPS) is 12.6. The van der Waals surface area contributed by atoms with Gasteiger partial charge in [0.25, 0.3) is 10.0 Å². The van der Waals surface area contributed by atoms with Crippen LogP contribution in [-0.4, -0.2) is 20.0 Å². The molecule has 0 atom stereocenters. The summed E-state index contributed by atoms with van der Waals surface area (Å²) in [4.78, 5) is 0.283. The van der Waals surface area contributed by atoms with Crippen LogP contribution in [0.4, 0.5) is 0 Å². The van der Waals surface area contributed by atoms with Crippen molar-refractivity contribution in [1.29, 1.82) is 0 Å². The third-order valence-electron chi connectivity index (χ3n) is 2.20. The molecule has 1 heterocycles. The van der Waals surface area contributed by atoms with Crippen molar-refractivity contribution in [3.8, 4) is 0 Å². The predicted molar refractivity (Wildman–Crippen MR) is 77.8 cm³/mol. The van der Waals surface area contributed by atoms with Crippen LogP contribution in [0.1, 0.15) is 13.8 Å². The monoisotopic (exact) mass is 356 g/mol. The third kappa shape index (κ3) is 3.72. The van der Waals surface area contributed by atoms with Crippen LogP contribution in [0.5, 0.6) is 0 Å². The Morgan fingerprint density at radius 1 is 1.65 bits per heavy atom. The van der Waals surface area contributed by atoms with E-state index in [4.69, 9.17) is 18.0 Å². The minimum atomic E-state index is -3.51. The second kappa shape index (κ2) is 5.31. The van der Waals surface area contributed by atoms with Gasteiger partial charge in [-0.2, -0.15) is 0 Å². The molecule has 1 aromatic heterocycles. The summed E-state index contributed by atoms with van der Waals surface area (Å²) in [6.07, 6.45) is 0. The Bertz CT molecular complexity index is 522. The Kier molecular flexibility index (Phi) is 4.70. The van der Waals surface area contributed by atoms with E-state index in [0.717, 1.165) is 11.3 Å². The Labute approximate surface area is 119 Å². The molecular formula is C9H13BrN2O2S3. The summed E-state index contributed by atoms with van der Waals surface area (Å²) in [5.74, 6) is 0. The fourth-order valence-corrected chi connectivity index (χ4v) is 4.56. The zero-order chi connectivity index (χ0) is 13.3. The first-order valence-electron chi connectivity index (χ1n) is 4.69. The van der Waals surface area contributed by atoms with Gasteiger partial charge in [0.05, 0.1) is 4.99 Å². The van der Waals surface area contributed by atoms with E-state index >= 15 is 0 Å². The number of thiophene rings is 1. The standard InChI is InChI=1S/C9H13BrN2O2S3/c1-9(2,8(11)15)5-12-17(13,14)7-6(10)3-4-16-7/h3-4,12H,5H2,1-2H3,(H2,11,15). The maximum atomic E-state index is 12.0. The van der Waals surface area contributed by atoms with Crippen molar-refractivity contribution in [1.82, 2.24) is 4.72 Å². The third-order valence-corrected chi connectivity index (χ3v) is 6.82. The topological polar surface area (TPSA) is 72.2 Å². The van der Waals surface area contributed by atoms with Gasteiger partial charge in [0.2, 0.25) is 0 Å². The average Bonchev–Trinajstić information content (AvgIpc) is 2.62. The Hall–Kier alpha value is -0.0200. The lowest BCUT2D eigenvalue weighted by molar-refractivity contribution is 0.502. The van der Waals surface area contributed by atoms with E-state index in [-0.39, 0.29) is 15.7 Å². The van der Waals surface area contributed by atoms with Crippen molar-refractivity contribution < 1.29 is 8.42 Å². The van der Waals surface area contributed by atoms with Gasteiger partial charge in [0.15, 0.2) is 0 Å². The molecule has 8 heteroatoms. The van der Waals surface area contributed by atoms with Gasteiger partial charge in [-0.25, -0.2) is 13.1 Å². The number of halogens is 1. The lowest BCUT2D eigenvalue weighted by Crippen LogP contribution is -2.41. The number of hydrogen-bond donors (Lipinski definition) is 2. The van der Waals surface area contributed by atoms with Crippen molar-refractivity contribution in [2.75, 3.05) is 6.54 Å². The molecule has 17 heavy (non-hydrogen) atoms. The second-order valence-corrected chi connectivity index (χ2v) is 8.30. The number of thiocarbonyl (C=S) groups is 1. The summed E-state index contributed by atoms with van der Waals surface area (Å²) in [6.45, 7) is 3.76. The fourth-order valence-electron chi connectivity index (χ4n) is 0.900. The molecule has 3 N–H and O–H groups in total. The van der Waals surface area contributed by atoms with Crippen LogP contribution >= 0.6 is 39.5 Å². The van der Waals surface area contributed by atoms with Crippen molar-refractivity contribution in [3.63, 3.8) is 0 Å². The molecule has 0 amide bonds. The van der Waals surface area contributed by atoms with Crippen molar-refractivity contribution >= 4 is 54.5 Å².